The van der Waals surface area contributed by atoms with Gasteiger partial charge in [-0.3, -0.25) is 9.59 Å². The van der Waals surface area contributed by atoms with Crippen LogP contribution in [0, 0.1) is 17.3 Å². The average Bonchev–Trinajstić information content (AvgIpc) is 2.34. The molecule has 0 unspecified atom stereocenters. The van der Waals surface area contributed by atoms with Crippen LogP contribution in [0.25, 0.3) is 0 Å². The molecule has 5 heteroatoms. The Balaban J connectivity index is 1.87. The lowest BCUT2D eigenvalue weighted by Crippen LogP contribution is -2.56. The smallest absolute Gasteiger partial charge is 0.230 e. The van der Waals surface area contributed by atoms with Crippen molar-refractivity contribution in [1.82, 2.24) is 4.90 Å². The molecule has 1 aliphatic heterocycles. The molecule has 0 atom stereocenters. The van der Waals surface area contributed by atoms with Crippen molar-refractivity contribution < 1.29 is 9.59 Å². The Bertz CT molecular complexity index is 356. The summed E-state index contributed by atoms with van der Waals surface area (Å²) >= 11 is 0. The van der Waals surface area contributed by atoms with Crippen LogP contribution in [0.3, 0.4) is 0 Å². The van der Waals surface area contributed by atoms with Crippen molar-refractivity contribution >= 4 is 11.8 Å². The summed E-state index contributed by atoms with van der Waals surface area (Å²) in [6, 6.07) is 0. The summed E-state index contributed by atoms with van der Waals surface area (Å²) in [6.07, 6.45) is 4.05. The van der Waals surface area contributed by atoms with E-state index in [1.165, 1.54) is 0 Å². The normalized spacial score (nSPS) is 31.9. The summed E-state index contributed by atoms with van der Waals surface area (Å²) in [5, 5.41) is 0. The van der Waals surface area contributed by atoms with Crippen molar-refractivity contribution in [3.63, 3.8) is 0 Å². The highest BCUT2D eigenvalue weighted by Gasteiger charge is 2.49. The van der Waals surface area contributed by atoms with Gasteiger partial charge in [-0.15, -0.1) is 0 Å². The maximum atomic E-state index is 12.6. The summed E-state index contributed by atoms with van der Waals surface area (Å²) in [7, 11) is 0. The van der Waals surface area contributed by atoms with Gasteiger partial charge in [0.1, 0.15) is 0 Å². The van der Waals surface area contributed by atoms with Crippen LogP contribution in [-0.4, -0.2) is 36.3 Å². The minimum absolute atomic E-state index is 0.227. The molecular weight excluding hydrogens is 242 g/mol. The molecule has 1 aliphatic carbocycles. The van der Waals surface area contributed by atoms with E-state index < -0.39 is 0 Å². The number of carbonyl (C=O) groups excluding carboxylic acids is 2. The van der Waals surface area contributed by atoms with E-state index in [-0.39, 0.29) is 17.2 Å². The van der Waals surface area contributed by atoms with Gasteiger partial charge < -0.3 is 16.4 Å². The van der Waals surface area contributed by atoms with Crippen LogP contribution in [0.5, 0.6) is 0 Å². The molecule has 2 fully saturated rings. The maximum Gasteiger partial charge on any atom is 0.230 e. The van der Waals surface area contributed by atoms with Crippen molar-refractivity contribution in [2.75, 3.05) is 19.6 Å². The van der Waals surface area contributed by atoms with Crippen LogP contribution in [0.2, 0.25) is 0 Å². The fraction of sp³-hybridized carbons (Fsp3) is 0.857. The van der Waals surface area contributed by atoms with Gasteiger partial charge in [0.25, 0.3) is 0 Å². The lowest BCUT2D eigenvalue weighted by molar-refractivity contribution is -0.151. The fourth-order valence-corrected chi connectivity index (χ4v) is 3.66. The van der Waals surface area contributed by atoms with E-state index in [1.54, 1.807) is 0 Å². The topological polar surface area (TPSA) is 89.4 Å². The molecule has 1 heterocycles. The number of carbonyl (C=O) groups is 2. The molecule has 2 aliphatic rings. The van der Waals surface area contributed by atoms with Gasteiger partial charge in [-0.1, -0.05) is 6.92 Å². The summed E-state index contributed by atoms with van der Waals surface area (Å²) in [5.74, 6) is 0.942. The number of likely N-dealkylation sites (tertiary alicyclic amines) is 1. The zero-order valence-corrected chi connectivity index (χ0v) is 11.7. The highest BCUT2D eigenvalue weighted by Crippen LogP contribution is 2.46. The number of primary amides is 1. The number of rotatable bonds is 4. The Morgan fingerprint density at radius 3 is 2.26 bits per heavy atom. The number of amides is 2. The molecule has 0 aromatic carbocycles. The molecule has 2 amide bonds. The van der Waals surface area contributed by atoms with E-state index in [9.17, 15) is 9.59 Å². The second kappa shape index (κ2) is 5.49. The van der Waals surface area contributed by atoms with Crippen molar-refractivity contribution in [2.24, 2.45) is 28.7 Å². The Labute approximate surface area is 114 Å². The molecule has 19 heavy (non-hydrogen) atoms. The van der Waals surface area contributed by atoms with Crippen LogP contribution in [0.4, 0.5) is 0 Å². The van der Waals surface area contributed by atoms with Gasteiger partial charge in [0.15, 0.2) is 0 Å². The minimum Gasteiger partial charge on any atom is -0.370 e. The van der Waals surface area contributed by atoms with Crippen molar-refractivity contribution in [3.05, 3.63) is 0 Å². The summed E-state index contributed by atoms with van der Waals surface area (Å²) in [4.78, 5) is 25.4. The van der Waals surface area contributed by atoms with E-state index in [0.29, 0.717) is 24.8 Å². The van der Waals surface area contributed by atoms with Gasteiger partial charge in [0.05, 0.1) is 5.41 Å². The molecule has 0 bridgehead atoms. The summed E-state index contributed by atoms with van der Waals surface area (Å²) < 4.78 is 0. The third-order valence-corrected chi connectivity index (χ3v) is 4.71. The van der Waals surface area contributed by atoms with Gasteiger partial charge in [0.2, 0.25) is 11.8 Å². The SMILES string of the molecule is CC1CC(CN)(C(=O)N2CCC(CC(N)=O)CC2)C1. The van der Waals surface area contributed by atoms with Crippen LogP contribution >= 0.6 is 0 Å². The van der Waals surface area contributed by atoms with Crippen molar-refractivity contribution in [1.29, 1.82) is 0 Å². The van der Waals surface area contributed by atoms with Gasteiger partial charge in [-0.05, 0) is 37.5 Å². The van der Waals surface area contributed by atoms with Crippen LogP contribution in [0.15, 0.2) is 0 Å². The van der Waals surface area contributed by atoms with Gasteiger partial charge >= 0.3 is 0 Å². The molecule has 0 aromatic heterocycles. The minimum atomic E-state index is -0.296. The van der Waals surface area contributed by atoms with E-state index in [1.807, 2.05) is 4.90 Å². The predicted octanol–water partition coefficient (Wildman–Crippen LogP) is 0.475. The first-order chi connectivity index (χ1) is 8.97. The highest BCUT2D eigenvalue weighted by atomic mass is 16.2. The van der Waals surface area contributed by atoms with E-state index in [2.05, 4.69) is 6.92 Å². The highest BCUT2D eigenvalue weighted by molar-refractivity contribution is 5.84. The van der Waals surface area contributed by atoms with Crippen LogP contribution in [0.1, 0.15) is 39.0 Å². The zero-order valence-electron chi connectivity index (χ0n) is 11.7. The van der Waals surface area contributed by atoms with E-state index in [0.717, 1.165) is 38.8 Å². The zero-order chi connectivity index (χ0) is 14.0. The van der Waals surface area contributed by atoms with Gasteiger partial charge in [0, 0.05) is 26.1 Å². The number of nitrogens with zero attached hydrogens (tertiary/aromatic N) is 1. The predicted molar refractivity (Wildman–Crippen MR) is 73.0 cm³/mol. The monoisotopic (exact) mass is 267 g/mol. The molecule has 5 nitrogen and oxygen atoms in total. The number of hydrogen-bond acceptors (Lipinski definition) is 3. The molecule has 2 rings (SSSR count). The largest absolute Gasteiger partial charge is 0.370 e. The molecule has 4 N–H and O–H groups in total. The van der Waals surface area contributed by atoms with Crippen LogP contribution in [-0.2, 0) is 9.59 Å². The summed E-state index contributed by atoms with van der Waals surface area (Å²) in [5.41, 5.74) is 10.7. The third kappa shape index (κ3) is 2.91. The lowest BCUT2D eigenvalue weighted by atomic mass is 9.61. The third-order valence-electron chi connectivity index (χ3n) is 4.71. The van der Waals surface area contributed by atoms with Crippen molar-refractivity contribution in [3.8, 4) is 0 Å². The number of piperidine rings is 1. The Morgan fingerprint density at radius 2 is 1.84 bits per heavy atom. The molecule has 0 aromatic rings. The Morgan fingerprint density at radius 1 is 1.26 bits per heavy atom. The molecule has 1 saturated heterocycles. The van der Waals surface area contributed by atoms with Crippen LogP contribution < -0.4 is 11.5 Å². The number of nitrogens with two attached hydrogens (primary N) is 2. The first-order valence-electron chi connectivity index (χ1n) is 7.24. The summed E-state index contributed by atoms with van der Waals surface area (Å²) in [6.45, 7) is 4.11. The van der Waals surface area contributed by atoms with E-state index >= 15 is 0 Å². The first kappa shape index (κ1) is 14.3. The van der Waals surface area contributed by atoms with Gasteiger partial charge in [-0.2, -0.15) is 0 Å². The fourth-order valence-electron chi connectivity index (χ4n) is 3.66. The molecule has 1 saturated carbocycles. The molecule has 108 valence electrons. The quantitative estimate of drug-likeness (QED) is 0.776. The average molecular weight is 267 g/mol. The second-order valence-electron chi connectivity index (χ2n) is 6.40. The standard InChI is InChI=1S/C14H25N3O2/c1-10-7-14(8-10,9-15)13(19)17-4-2-11(3-5-17)6-12(16)18/h10-11H,2-9,15H2,1H3,(H2,16,18). The molecular formula is C14H25N3O2. The molecule has 0 spiro atoms. The Kier molecular flexibility index (Phi) is 4.13. The Hall–Kier alpha value is -1.10. The second-order valence-corrected chi connectivity index (χ2v) is 6.40. The maximum absolute atomic E-state index is 12.6. The number of hydrogen-bond donors (Lipinski definition) is 2. The first-order valence-corrected chi connectivity index (χ1v) is 7.24. The molecule has 0 radical (unpaired) electrons. The van der Waals surface area contributed by atoms with Gasteiger partial charge in [-0.25, -0.2) is 0 Å². The lowest BCUT2D eigenvalue weighted by Gasteiger charge is -2.48. The van der Waals surface area contributed by atoms with E-state index in [4.69, 9.17) is 11.5 Å². The van der Waals surface area contributed by atoms with Crippen molar-refractivity contribution in [2.45, 2.75) is 39.0 Å².